The molecule has 0 unspecified atom stereocenters. The van der Waals surface area contributed by atoms with Crippen LogP contribution in [0.5, 0.6) is 0 Å². The number of hydrogen-bond donors (Lipinski definition) is 0. The van der Waals surface area contributed by atoms with Gasteiger partial charge in [-0.25, -0.2) is 4.39 Å². The molecule has 0 bridgehead atoms. The summed E-state index contributed by atoms with van der Waals surface area (Å²) in [6.07, 6.45) is 1.72. The van der Waals surface area contributed by atoms with Gasteiger partial charge in [0.2, 0.25) is 0 Å². The Morgan fingerprint density at radius 2 is 1.57 bits per heavy atom. The van der Waals surface area contributed by atoms with E-state index >= 15 is 0 Å². The van der Waals surface area contributed by atoms with Gasteiger partial charge in [-0.2, -0.15) is 0 Å². The molecule has 1 amide bonds. The monoisotopic (exact) mass is 402 g/mol. The highest BCUT2D eigenvalue weighted by Crippen LogP contribution is 2.27. The average Bonchev–Trinajstić information content (AvgIpc) is 2.78. The second-order valence-corrected chi connectivity index (χ2v) is 7.98. The number of anilines is 1. The number of piperidine rings is 1. The normalized spacial score (nSPS) is 15.1. The number of amides is 1. The molecule has 3 aromatic rings. The van der Waals surface area contributed by atoms with Crippen molar-refractivity contribution in [2.75, 3.05) is 18.0 Å². The summed E-state index contributed by atoms with van der Waals surface area (Å²) in [6.45, 7) is 4.33. The fraction of sp³-hybridized carbons (Fsp3) is 0.269. The highest BCUT2D eigenvalue weighted by molar-refractivity contribution is 6.06. The van der Waals surface area contributed by atoms with E-state index in [-0.39, 0.29) is 17.8 Å². The number of aryl methyl sites for hydroxylation is 1. The number of likely N-dealkylation sites (tertiary alicyclic amines) is 1. The van der Waals surface area contributed by atoms with Gasteiger partial charge >= 0.3 is 0 Å². The molecular formula is C26H27FN2O. The molecule has 0 saturated carbocycles. The topological polar surface area (TPSA) is 23.6 Å². The molecule has 0 aromatic heterocycles. The van der Waals surface area contributed by atoms with E-state index in [1.165, 1.54) is 11.6 Å². The predicted octanol–water partition coefficient (Wildman–Crippen LogP) is 5.45. The van der Waals surface area contributed by atoms with Gasteiger partial charge in [0, 0.05) is 42.5 Å². The van der Waals surface area contributed by atoms with Crippen molar-refractivity contribution < 1.29 is 9.18 Å². The quantitative estimate of drug-likeness (QED) is 0.567. The Hall–Kier alpha value is -2.98. The van der Waals surface area contributed by atoms with E-state index in [1.54, 1.807) is 6.07 Å². The molecule has 0 N–H and O–H groups in total. The number of carbonyl (C=O) groups is 1. The van der Waals surface area contributed by atoms with Crippen LogP contribution in [0.15, 0.2) is 78.9 Å². The second kappa shape index (κ2) is 9.23. The maximum absolute atomic E-state index is 14.0. The Morgan fingerprint density at radius 1 is 0.933 bits per heavy atom. The number of halogens is 1. The minimum atomic E-state index is -0.153. The van der Waals surface area contributed by atoms with Gasteiger partial charge in [0.1, 0.15) is 5.82 Å². The first-order valence-electron chi connectivity index (χ1n) is 10.5. The molecule has 0 aliphatic carbocycles. The van der Waals surface area contributed by atoms with Crippen LogP contribution in [0.2, 0.25) is 0 Å². The van der Waals surface area contributed by atoms with Crippen molar-refractivity contribution in [1.82, 2.24) is 4.90 Å². The van der Waals surface area contributed by atoms with Gasteiger partial charge in [-0.05, 0) is 50.1 Å². The van der Waals surface area contributed by atoms with Crippen LogP contribution >= 0.6 is 0 Å². The first kappa shape index (κ1) is 20.3. The van der Waals surface area contributed by atoms with E-state index in [0.717, 1.165) is 37.2 Å². The first-order valence-corrected chi connectivity index (χ1v) is 10.5. The number of rotatable bonds is 5. The molecule has 0 spiro atoms. The SMILES string of the molecule is Cc1ccc(N(C(=O)c2ccccc2)C2CCN(Cc3ccccc3F)CC2)cc1. The van der Waals surface area contributed by atoms with Gasteiger partial charge in [-0.3, -0.25) is 9.69 Å². The number of benzene rings is 3. The minimum absolute atomic E-state index is 0.0343. The smallest absolute Gasteiger partial charge is 0.258 e. The molecule has 3 aromatic carbocycles. The molecule has 0 radical (unpaired) electrons. The lowest BCUT2D eigenvalue weighted by Gasteiger charge is -2.38. The fourth-order valence-electron chi connectivity index (χ4n) is 4.12. The van der Waals surface area contributed by atoms with Gasteiger partial charge in [-0.15, -0.1) is 0 Å². The van der Waals surface area contributed by atoms with Crippen LogP contribution in [-0.2, 0) is 6.54 Å². The van der Waals surface area contributed by atoms with Crippen LogP contribution < -0.4 is 4.90 Å². The molecule has 1 heterocycles. The van der Waals surface area contributed by atoms with Crippen molar-refractivity contribution in [1.29, 1.82) is 0 Å². The molecule has 1 aliphatic heterocycles. The standard InChI is InChI=1S/C26H27FN2O/c1-20-11-13-23(14-12-20)29(26(30)21-7-3-2-4-8-21)24-15-17-28(18-16-24)19-22-9-5-6-10-25(22)27/h2-14,24H,15-19H2,1H3. The zero-order valence-electron chi connectivity index (χ0n) is 17.3. The molecule has 154 valence electrons. The zero-order valence-corrected chi connectivity index (χ0v) is 17.3. The van der Waals surface area contributed by atoms with Crippen molar-refractivity contribution in [3.8, 4) is 0 Å². The number of nitrogens with zero attached hydrogens (tertiary/aromatic N) is 2. The van der Waals surface area contributed by atoms with Gasteiger partial charge < -0.3 is 4.90 Å². The van der Waals surface area contributed by atoms with Crippen molar-refractivity contribution in [3.05, 3.63) is 101 Å². The van der Waals surface area contributed by atoms with E-state index < -0.39 is 0 Å². The maximum atomic E-state index is 14.0. The van der Waals surface area contributed by atoms with E-state index in [4.69, 9.17) is 0 Å². The highest BCUT2D eigenvalue weighted by atomic mass is 19.1. The summed E-state index contributed by atoms with van der Waals surface area (Å²) in [7, 11) is 0. The van der Waals surface area contributed by atoms with E-state index in [2.05, 4.69) is 4.90 Å². The minimum Gasteiger partial charge on any atom is -0.305 e. The molecule has 3 nitrogen and oxygen atoms in total. The summed E-state index contributed by atoms with van der Waals surface area (Å²) in [6, 6.07) is 24.7. The maximum Gasteiger partial charge on any atom is 0.258 e. The van der Waals surface area contributed by atoms with E-state index in [1.807, 2.05) is 78.6 Å². The summed E-state index contributed by atoms with van der Waals surface area (Å²) in [5.41, 5.74) is 3.53. The largest absolute Gasteiger partial charge is 0.305 e. The summed E-state index contributed by atoms with van der Waals surface area (Å²) in [5.74, 6) is -0.118. The van der Waals surface area contributed by atoms with Crippen molar-refractivity contribution in [3.63, 3.8) is 0 Å². The Kier molecular flexibility index (Phi) is 6.24. The van der Waals surface area contributed by atoms with E-state index in [9.17, 15) is 9.18 Å². The summed E-state index contributed by atoms with van der Waals surface area (Å²) in [4.78, 5) is 17.6. The first-order chi connectivity index (χ1) is 14.6. The molecule has 1 fully saturated rings. The molecule has 30 heavy (non-hydrogen) atoms. The van der Waals surface area contributed by atoms with Gasteiger partial charge in [0.25, 0.3) is 5.91 Å². The summed E-state index contributed by atoms with van der Waals surface area (Å²) in [5, 5.41) is 0. The molecule has 1 saturated heterocycles. The lowest BCUT2D eigenvalue weighted by Crippen LogP contribution is -2.47. The zero-order chi connectivity index (χ0) is 20.9. The van der Waals surface area contributed by atoms with Crippen LogP contribution in [-0.4, -0.2) is 29.9 Å². The third-order valence-electron chi connectivity index (χ3n) is 5.83. The third-order valence-corrected chi connectivity index (χ3v) is 5.83. The molecule has 1 aliphatic rings. The van der Waals surface area contributed by atoms with E-state index in [0.29, 0.717) is 12.1 Å². The third kappa shape index (κ3) is 4.60. The number of carbonyl (C=O) groups excluding carboxylic acids is 1. The molecule has 4 heteroatoms. The lowest BCUT2D eigenvalue weighted by molar-refractivity contribution is 0.0958. The number of hydrogen-bond acceptors (Lipinski definition) is 2. The summed E-state index contributed by atoms with van der Waals surface area (Å²) < 4.78 is 14.0. The Bertz CT molecular complexity index is 979. The van der Waals surface area contributed by atoms with Gasteiger partial charge in [0.15, 0.2) is 0 Å². The van der Waals surface area contributed by atoms with Crippen LogP contribution in [0.25, 0.3) is 0 Å². The van der Waals surface area contributed by atoms with Gasteiger partial charge in [0.05, 0.1) is 0 Å². The highest BCUT2D eigenvalue weighted by Gasteiger charge is 2.30. The van der Waals surface area contributed by atoms with Crippen molar-refractivity contribution >= 4 is 11.6 Å². The Balaban J connectivity index is 1.51. The van der Waals surface area contributed by atoms with Crippen LogP contribution in [0.3, 0.4) is 0 Å². The van der Waals surface area contributed by atoms with Crippen LogP contribution in [0, 0.1) is 12.7 Å². The summed E-state index contributed by atoms with van der Waals surface area (Å²) >= 11 is 0. The van der Waals surface area contributed by atoms with Crippen LogP contribution in [0.1, 0.15) is 34.3 Å². The Morgan fingerprint density at radius 3 is 2.23 bits per heavy atom. The molecule has 0 atom stereocenters. The van der Waals surface area contributed by atoms with Gasteiger partial charge in [-0.1, -0.05) is 54.1 Å². The Labute approximate surface area is 177 Å². The molecular weight excluding hydrogens is 375 g/mol. The van der Waals surface area contributed by atoms with Crippen molar-refractivity contribution in [2.45, 2.75) is 32.4 Å². The predicted molar refractivity (Wildman–Crippen MR) is 119 cm³/mol. The second-order valence-electron chi connectivity index (χ2n) is 7.98. The fourth-order valence-corrected chi connectivity index (χ4v) is 4.12. The van der Waals surface area contributed by atoms with Crippen LogP contribution in [0.4, 0.5) is 10.1 Å². The van der Waals surface area contributed by atoms with Crippen molar-refractivity contribution in [2.24, 2.45) is 0 Å². The average molecular weight is 403 g/mol. The molecule has 4 rings (SSSR count). The lowest BCUT2D eigenvalue weighted by atomic mass is 10.00.